The Morgan fingerprint density at radius 2 is 1.84 bits per heavy atom. The molecule has 0 amide bonds. The molecule has 0 radical (unpaired) electrons. The fourth-order valence-electron chi connectivity index (χ4n) is 3.59. The highest BCUT2D eigenvalue weighted by Crippen LogP contribution is 2.36. The van der Waals surface area contributed by atoms with E-state index in [1.807, 2.05) is 12.4 Å². The fourth-order valence-corrected chi connectivity index (χ4v) is 3.59. The lowest BCUT2D eigenvalue weighted by Crippen LogP contribution is -2.42. The van der Waals surface area contributed by atoms with E-state index in [2.05, 4.69) is 14.9 Å². The molecule has 2 unspecified atom stereocenters. The first-order chi connectivity index (χ1) is 9.36. The largest absolute Gasteiger partial charge is 0.341 e. The molecular weight excluding hydrogens is 236 g/mol. The topological polar surface area (TPSA) is 55.0 Å². The van der Waals surface area contributed by atoms with E-state index in [9.17, 15) is 0 Å². The van der Waals surface area contributed by atoms with Crippen LogP contribution in [0.2, 0.25) is 0 Å². The zero-order chi connectivity index (χ0) is 13.1. The molecule has 1 aromatic rings. The number of nitrogens with two attached hydrogens (primary N) is 1. The molecule has 4 heteroatoms. The lowest BCUT2D eigenvalue weighted by Gasteiger charge is -2.41. The minimum Gasteiger partial charge on any atom is -0.341 e. The van der Waals surface area contributed by atoms with Gasteiger partial charge in [0.05, 0.1) is 0 Å². The second kappa shape index (κ2) is 5.87. The van der Waals surface area contributed by atoms with E-state index in [4.69, 9.17) is 5.73 Å². The van der Waals surface area contributed by atoms with Gasteiger partial charge in [-0.15, -0.1) is 0 Å². The van der Waals surface area contributed by atoms with Crippen LogP contribution < -0.4 is 10.6 Å². The molecule has 1 aromatic heterocycles. The van der Waals surface area contributed by atoms with Crippen molar-refractivity contribution in [3.63, 3.8) is 0 Å². The van der Waals surface area contributed by atoms with Crippen molar-refractivity contribution in [2.45, 2.75) is 38.5 Å². The minimum absolute atomic E-state index is 0.663. The van der Waals surface area contributed by atoms with Crippen LogP contribution in [0.25, 0.3) is 0 Å². The average Bonchev–Trinajstić information content (AvgIpc) is 2.48. The molecule has 0 spiro atoms. The maximum atomic E-state index is 5.55. The molecule has 0 aromatic carbocycles. The van der Waals surface area contributed by atoms with Gasteiger partial charge in [0, 0.05) is 25.5 Å². The minimum atomic E-state index is 0.663. The predicted molar refractivity (Wildman–Crippen MR) is 77.1 cm³/mol. The van der Waals surface area contributed by atoms with Crippen molar-refractivity contribution in [1.29, 1.82) is 0 Å². The van der Waals surface area contributed by atoms with Crippen LogP contribution in [0.3, 0.4) is 0 Å². The fraction of sp³-hybridized carbons (Fsp3) is 0.733. The number of fused-ring (bicyclic) bond motifs is 1. The van der Waals surface area contributed by atoms with Gasteiger partial charge in [-0.2, -0.15) is 0 Å². The number of hydrogen-bond acceptors (Lipinski definition) is 4. The molecule has 4 nitrogen and oxygen atoms in total. The number of hydrogen-bond donors (Lipinski definition) is 1. The molecule has 2 aliphatic rings. The van der Waals surface area contributed by atoms with Crippen LogP contribution in [0.4, 0.5) is 5.95 Å². The first-order valence-electron chi connectivity index (χ1n) is 7.63. The second-order valence-corrected chi connectivity index (χ2v) is 5.97. The highest BCUT2D eigenvalue weighted by Gasteiger charge is 2.31. The van der Waals surface area contributed by atoms with Gasteiger partial charge in [-0.25, -0.2) is 9.97 Å². The standard InChI is InChI=1S/C15H24N4/c16-7-5-12-9-17-15(18-10-12)19-8-6-13-3-1-2-4-14(13)11-19/h9-10,13-14H,1-8,11,16H2. The summed E-state index contributed by atoms with van der Waals surface area (Å²) in [6.07, 6.45) is 11.7. The molecule has 1 aliphatic carbocycles. The van der Waals surface area contributed by atoms with Crippen LogP contribution in [-0.4, -0.2) is 29.6 Å². The van der Waals surface area contributed by atoms with Gasteiger partial charge in [-0.1, -0.05) is 19.3 Å². The molecule has 1 saturated carbocycles. The van der Waals surface area contributed by atoms with Crippen molar-refractivity contribution >= 4 is 5.95 Å². The number of rotatable bonds is 3. The van der Waals surface area contributed by atoms with Crippen LogP contribution >= 0.6 is 0 Å². The number of anilines is 1. The van der Waals surface area contributed by atoms with Crippen LogP contribution in [0.15, 0.2) is 12.4 Å². The Bertz CT molecular complexity index is 403. The zero-order valence-electron chi connectivity index (χ0n) is 11.6. The molecule has 1 saturated heterocycles. The third kappa shape index (κ3) is 2.89. The van der Waals surface area contributed by atoms with E-state index >= 15 is 0 Å². The van der Waals surface area contributed by atoms with E-state index < -0.39 is 0 Å². The third-order valence-electron chi connectivity index (χ3n) is 4.70. The van der Waals surface area contributed by atoms with E-state index in [1.165, 1.54) is 32.1 Å². The Kier molecular flexibility index (Phi) is 3.97. The van der Waals surface area contributed by atoms with E-state index in [0.29, 0.717) is 6.54 Å². The quantitative estimate of drug-likeness (QED) is 0.903. The number of piperidine rings is 1. The molecule has 104 valence electrons. The number of aromatic nitrogens is 2. The Morgan fingerprint density at radius 3 is 2.58 bits per heavy atom. The summed E-state index contributed by atoms with van der Waals surface area (Å²) in [6.45, 7) is 2.94. The van der Waals surface area contributed by atoms with Gasteiger partial charge >= 0.3 is 0 Å². The van der Waals surface area contributed by atoms with E-state index in [-0.39, 0.29) is 0 Å². The summed E-state index contributed by atoms with van der Waals surface area (Å²) >= 11 is 0. The molecule has 2 fully saturated rings. The highest BCUT2D eigenvalue weighted by molar-refractivity contribution is 5.31. The molecule has 3 rings (SSSR count). The van der Waals surface area contributed by atoms with Crippen molar-refractivity contribution in [2.75, 3.05) is 24.5 Å². The molecule has 1 aliphatic heterocycles. The predicted octanol–water partition coefficient (Wildman–Crippen LogP) is 1.99. The molecule has 0 bridgehead atoms. The van der Waals surface area contributed by atoms with Crippen LogP contribution in [-0.2, 0) is 6.42 Å². The van der Waals surface area contributed by atoms with Crippen molar-refractivity contribution in [1.82, 2.24) is 9.97 Å². The van der Waals surface area contributed by atoms with Crippen molar-refractivity contribution in [2.24, 2.45) is 17.6 Å². The normalized spacial score (nSPS) is 27.1. The maximum absolute atomic E-state index is 5.55. The van der Waals surface area contributed by atoms with E-state index in [0.717, 1.165) is 42.9 Å². The van der Waals surface area contributed by atoms with Crippen LogP contribution in [0, 0.1) is 11.8 Å². The van der Waals surface area contributed by atoms with E-state index in [1.54, 1.807) is 0 Å². The second-order valence-electron chi connectivity index (χ2n) is 5.97. The SMILES string of the molecule is NCCc1cnc(N2CCC3CCCCC3C2)nc1. The Morgan fingerprint density at radius 1 is 1.11 bits per heavy atom. The van der Waals surface area contributed by atoms with Crippen molar-refractivity contribution < 1.29 is 0 Å². The lowest BCUT2D eigenvalue weighted by molar-refractivity contribution is 0.201. The molecular formula is C15H24N4. The summed E-state index contributed by atoms with van der Waals surface area (Å²) in [5, 5.41) is 0. The van der Waals surface area contributed by atoms with Gasteiger partial charge < -0.3 is 10.6 Å². The maximum Gasteiger partial charge on any atom is 0.225 e. The summed E-state index contributed by atoms with van der Waals surface area (Å²) in [5.41, 5.74) is 6.69. The first kappa shape index (κ1) is 12.9. The monoisotopic (exact) mass is 260 g/mol. The third-order valence-corrected chi connectivity index (χ3v) is 4.70. The van der Waals surface area contributed by atoms with Crippen molar-refractivity contribution in [3.05, 3.63) is 18.0 Å². The molecule has 19 heavy (non-hydrogen) atoms. The Balaban J connectivity index is 1.65. The smallest absolute Gasteiger partial charge is 0.225 e. The molecule has 2 N–H and O–H groups in total. The average molecular weight is 260 g/mol. The summed E-state index contributed by atoms with van der Waals surface area (Å²) in [7, 11) is 0. The van der Waals surface area contributed by atoms with Crippen LogP contribution in [0.1, 0.15) is 37.7 Å². The summed E-state index contributed by atoms with van der Waals surface area (Å²) in [5.74, 6) is 2.74. The first-order valence-corrected chi connectivity index (χ1v) is 7.63. The van der Waals surface area contributed by atoms with Gasteiger partial charge in [-0.05, 0) is 43.2 Å². The summed E-state index contributed by atoms with van der Waals surface area (Å²) in [4.78, 5) is 11.4. The van der Waals surface area contributed by atoms with Gasteiger partial charge in [0.1, 0.15) is 0 Å². The van der Waals surface area contributed by atoms with Gasteiger partial charge in [-0.3, -0.25) is 0 Å². The Hall–Kier alpha value is -1.16. The van der Waals surface area contributed by atoms with Crippen molar-refractivity contribution in [3.8, 4) is 0 Å². The van der Waals surface area contributed by atoms with Gasteiger partial charge in [0.2, 0.25) is 5.95 Å². The summed E-state index contributed by atoms with van der Waals surface area (Å²) < 4.78 is 0. The van der Waals surface area contributed by atoms with Gasteiger partial charge in [0.25, 0.3) is 0 Å². The van der Waals surface area contributed by atoms with Gasteiger partial charge in [0.15, 0.2) is 0 Å². The molecule has 2 atom stereocenters. The summed E-state index contributed by atoms with van der Waals surface area (Å²) in [6, 6.07) is 0. The highest BCUT2D eigenvalue weighted by atomic mass is 15.3. The lowest BCUT2D eigenvalue weighted by atomic mass is 9.75. The molecule has 2 heterocycles. The van der Waals surface area contributed by atoms with Crippen LogP contribution in [0.5, 0.6) is 0 Å². The zero-order valence-corrected chi connectivity index (χ0v) is 11.6. The number of nitrogens with zero attached hydrogens (tertiary/aromatic N) is 3. The Labute approximate surface area is 115 Å².